The first-order valence-electron chi connectivity index (χ1n) is 11.6. The first-order valence-corrected chi connectivity index (χ1v) is 11.6. The van der Waals surface area contributed by atoms with E-state index in [1.54, 1.807) is 7.05 Å². The Kier molecular flexibility index (Phi) is 10.4. The van der Waals surface area contributed by atoms with Gasteiger partial charge in [0.25, 0.3) is 0 Å². The van der Waals surface area contributed by atoms with Crippen LogP contribution >= 0.6 is 24.0 Å². The van der Waals surface area contributed by atoms with Gasteiger partial charge in [-0.3, -0.25) is 14.6 Å². The molecule has 1 aliphatic heterocycles. The predicted octanol–water partition coefficient (Wildman–Crippen LogP) is 3.64. The summed E-state index contributed by atoms with van der Waals surface area (Å²) in [4.78, 5) is 6.86. The molecule has 4 rings (SSSR count). The summed E-state index contributed by atoms with van der Waals surface area (Å²) in [5.74, 6) is 0.788. The first-order chi connectivity index (χ1) is 16.2. The summed E-state index contributed by atoms with van der Waals surface area (Å²) in [6, 6.07) is 19.2. The molecule has 34 heavy (non-hydrogen) atoms. The van der Waals surface area contributed by atoms with Gasteiger partial charge < -0.3 is 15.4 Å². The number of nitrogens with zero attached hydrogens (tertiary/aromatic N) is 4. The molecule has 0 radical (unpaired) electrons. The van der Waals surface area contributed by atoms with E-state index >= 15 is 0 Å². The monoisotopic (exact) mass is 574 g/mol. The molecule has 3 aromatic rings. The molecule has 1 unspecified atom stereocenters. The maximum absolute atomic E-state index is 5.66. The third-order valence-electron chi connectivity index (χ3n) is 5.86. The van der Waals surface area contributed by atoms with Gasteiger partial charge in [0.1, 0.15) is 0 Å². The lowest BCUT2D eigenvalue weighted by Crippen LogP contribution is -2.40. The zero-order valence-electron chi connectivity index (χ0n) is 20.0. The largest absolute Gasteiger partial charge is 0.376 e. The normalized spacial score (nSPS) is 16.6. The molecule has 2 heterocycles. The van der Waals surface area contributed by atoms with E-state index in [1.807, 2.05) is 23.1 Å². The Morgan fingerprint density at radius 1 is 1.03 bits per heavy atom. The minimum absolute atomic E-state index is 0. The second-order valence-corrected chi connectivity index (χ2v) is 8.49. The van der Waals surface area contributed by atoms with Crippen molar-refractivity contribution in [1.82, 2.24) is 25.3 Å². The number of nitrogens with one attached hydrogen (secondary N) is 2. The first kappa shape index (κ1) is 26.2. The van der Waals surface area contributed by atoms with Crippen LogP contribution in [0.2, 0.25) is 0 Å². The van der Waals surface area contributed by atoms with Crippen molar-refractivity contribution >= 4 is 29.9 Å². The number of rotatable bonds is 8. The molecule has 0 aliphatic carbocycles. The number of ether oxygens (including phenoxy) is 1. The van der Waals surface area contributed by atoms with Crippen LogP contribution < -0.4 is 10.6 Å². The zero-order valence-corrected chi connectivity index (χ0v) is 22.3. The molecule has 1 aliphatic rings. The van der Waals surface area contributed by atoms with Crippen molar-refractivity contribution in [2.75, 3.05) is 26.7 Å². The third kappa shape index (κ3) is 7.82. The van der Waals surface area contributed by atoms with E-state index in [-0.39, 0.29) is 24.0 Å². The molecule has 1 fully saturated rings. The van der Waals surface area contributed by atoms with E-state index in [4.69, 9.17) is 4.74 Å². The minimum Gasteiger partial charge on any atom is -0.376 e. The van der Waals surface area contributed by atoms with Gasteiger partial charge in [0.15, 0.2) is 5.96 Å². The molecule has 2 aromatic carbocycles. The van der Waals surface area contributed by atoms with Crippen molar-refractivity contribution in [2.45, 2.75) is 39.2 Å². The topological polar surface area (TPSA) is 66.7 Å². The van der Waals surface area contributed by atoms with Crippen LogP contribution in [-0.2, 0) is 30.9 Å². The molecule has 1 aromatic heterocycles. The van der Waals surface area contributed by atoms with E-state index in [2.05, 4.69) is 81.1 Å². The predicted molar refractivity (Wildman–Crippen MR) is 147 cm³/mol. The third-order valence-corrected chi connectivity index (χ3v) is 5.86. The molecular weight excluding hydrogens is 539 g/mol. The van der Waals surface area contributed by atoms with Gasteiger partial charge in [-0.1, -0.05) is 48.5 Å². The molecule has 1 atom stereocenters. The van der Waals surface area contributed by atoms with Crippen LogP contribution in [0, 0.1) is 0 Å². The van der Waals surface area contributed by atoms with E-state index < -0.39 is 0 Å². The second kappa shape index (κ2) is 13.5. The number of benzene rings is 2. The molecule has 1 saturated heterocycles. The quantitative estimate of drug-likeness (QED) is 0.245. The summed E-state index contributed by atoms with van der Waals surface area (Å²) >= 11 is 0. The van der Waals surface area contributed by atoms with Crippen molar-refractivity contribution in [3.8, 4) is 0 Å². The van der Waals surface area contributed by atoms with Crippen LogP contribution in [0.15, 0.2) is 72.0 Å². The van der Waals surface area contributed by atoms with E-state index in [0.29, 0.717) is 12.6 Å². The van der Waals surface area contributed by atoms with E-state index in [9.17, 15) is 0 Å². The van der Waals surface area contributed by atoms with Crippen molar-refractivity contribution in [3.05, 3.63) is 89.2 Å². The second-order valence-electron chi connectivity index (χ2n) is 8.49. The Balaban J connectivity index is 0.00000324. The number of morpholine rings is 1. The number of guanidine groups is 1. The highest BCUT2D eigenvalue weighted by atomic mass is 127. The Labute approximate surface area is 219 Å². The number of hydrogen-bond acceptors (Lipinski definition) is 4. The molecule has 2 N–H and O–H groups in total. The van der Waals surface area contributed by atoms with Crippen molar-refractivity contribution in [2.24, 2.45) is 4.99 Å². The lowest BCUT2D eigenvalue weighted by atomic mass is 10.1. The Bertz CT molecular complexity index is 1040. The van der Waals surface area contributed by atoms with Gasteiger partial charge in [0, 0.05) is 52.2 Å². The standard InChI is InChI=1S/C26H34N6O.HI/c1-21-18-31(13-14-33-21)19-23-8-5-7-22(15-23)16-28-26(27-2)29-17-24-9-3-4-10-25(24)20-32-12-6-11-30-32;/h3-12,15,21H,13-14,16-20H2,1-2H3,(H2,27,28,29);1H. The summed E-state index contributed by atoms with van der Waals surface area (Å²) in [7, 11) is 1.81. The molecular formula is C26H35IN6O. The van der Waals surface area contributed by atoms with Gasteiger partial charge in [0.2, 0.25) is 0 Å². The highest BCUT2D eigenvalue weighted by Gasteiger charge is 2.16. The Morgan fingerprint density at radius 3 is 2.59 bits per heavy atom. The number of halogens is 1. The Morgan fingerprint density at radius 2 is 1.82 bits per heavy atom. The van der Waals surface area contributed by atoms with Crippen LogP contribution in [0.5, 0.6) is 0 Å². The van der Waals surface area contributed by atoms with Crippen LogP contribution in [-0.4, -0.2) is 53.5 Å². The number of aliphatic imine (C=N–C) groups is 1. The van der Waals surface area contributed by atoms with Gasteiger partial charge in [-0.05, 0) is 35.2 Å². The van der Waals surface area contributed by atoms with Crippen LogP contribution in [0.3, 0.4) is 0 Å². The van der Waals surface area contributed by atoms with E-state index in [0.717, 1.165) is 45.3 Å². The van der Waals surface area contributed by atoms with Gasteiger partial charge in [-0.2, -0.15) is 5.10 Å². The van der Waals surface area contributed by atoms with Gasteiger partial charge in [-0.25, -0.2) is 0 Å². The molecule has 0 spiro atoms. The summed E-state index contributed by atoms with van der Waals surface area (Å²) in [6.07, 6.45) is 4.10. The van der Waals surface area contributed by atoms with Gasteiger partial charge >= 0.3 is 0 Å². The highest BCUT2D eigenvalue weighted by molar-refractivity contribution is 14.0. The summed E-state index contributed by atoms with van der Waals surface area (Å²) in [6.45, 7) is 8.07. The molecule has 0 bridgehead atoms. The lowest BCUT2D eigenvalue weighted by molar-refractivity contribution is -0.0212. The maximum Gasteiger partial charge on any atom is 0.191 e. The fourth-order valence-electron chi connectivity index (χ4n) is 4.17. The molecule has 0 amide bonds. The summed E-state index contributed by atoms with van der Waals surface area (Å²) in [5.41, 5.74) is 5.06. The average molecular weight is 575 g/mol. The summed E-state index contributed by atoms with van der Waals surface area (Å²) < 4.78 is 7.60. The van der Waals surface area contributed by atoms with Crippen molar-refractivity contribution in [3.63, 3.8) is 0 Å². The van der Waals surface area contributed by atoms with Crippen LogP contribution in [0.1, 0.15) is 29.2 Å². The smallest absolute Gasteiger partial charge is 0.191 e. The van der Waals surface area contributed by atoms with Crippen molar-refractivity contribution < 1.29 is 4.74 Å². The number of aromatic nitrogens is 2. The SMILES string of the molecule is CN=C(NCc1cccc(CN2CCOC(C)C2)c1)NCc1ccccc1Cn1cccn1.I. The van der Waals surface area contributed by atoms with Crippen LogP contribution in [0.4, 0.5) is 0 Å². The molecule has 0 saturated carbocycles. The fraction of sp³-hybridized carbons (Fsp3) is 0.385. The number of hydrogen-bond donors (Lipinski definition) is 2. The lowest BCUT2D eigenvalue weighted by Gasteiger charge is -2.31. The minimum atomic E-state index is 0. The summed E-state index contributed by atoms with van der Waals surface area (Å²) in [5, 5.41) is 11.2. The zero-order chi connectivity index (χ0) is 22.9. The van der Waals surface area contributed by atoms with Crippen molar-refractivity contribution in [1.29, 1.82) is 0 Å². The molecule has 7 nitrogen and oxygen atoms in total. The highest BCUT2D eigenvalue weighted by Crippen LogP contribution is 2.13. The molecule has 182 valence electrons. The molecule has 8 heteroatoms. The van der Waals surface area contributed by atoms with Gasteiger partial charge in [-0.15, -0.1) is 24.0 Å². The Hall–Kier alpha value is -2.43. The van der Waals surface area contributed by atoms with Crippen LogP contribution in [0.25, 0.3) is 0 Å². The average Bonchev–Trinajstić information content (AvgIpc) is 3.34. The van der Waals surface area contributed by atoms with E-state index in [1.165, 1.54) is 22.3 Å². The fourth-order valence-corrected chi connectivity index (χ4v) is 4.17. The maximum atomic E-state index is 5.66. The van der Waals surface area contributed by atoms with Gasteiger partial charge in [0.05, 0.1) is 19.3 Å².